The lowest BCUT2D eigenvalue weighted by atomic mass is 10.2. The Morgan fingerprint density at radius 1 is 1.17 bits per heavy atom. The maximum Gasteiger partial charge on any atom is 0.238 e. The Balaban J connectivity index is 2.06. The standard InChI is InChI=1S/C16H15ClFNO3S/c1-19(10-12-3-2-4-14(18)9-12)16(20)11-23(21,22)15-7-5-13(17)6-8-15/h2-9H,10-11H2,1H3. The van der Waals surface area contributed by atoms with Gasteiger partial charge in [-0.3, -0.25) is 4.79 Å². The molecule has 0 aliphatic carbocycles. The van der Waals surface area contributed by atoms with Crippen molar-refractivity contribution in [1.29, 1.82) is 0 Å². The normalized spacial score (nSPS) is 11.3. The molecule has 0 atom stereocenters. The van der Waals surface area contributed by atoms with Crippen molar-refractivity contribution in [2.45, 2.75) is 11.4 Å². The highest BCUT2D eigenvalue weighted by Crippen LogP contribution is 2.16. The van der Waals surface area contributed by atoms with Gasteiger partial charge in [-0.15, -0.1) is 0 Å². The highest BCUT2D eigenvalue weighted by molar-refractivity contribution is 7.92. The van der Waals surface area contributed by atoms with E-state index >= 15 is 0 Å². The van der Waals surface area contributed by atoms with Gasteiger partial charge in [-0.1, -0.05) is 23.7 Å². The van der Waals surface area contributed by atoms with Gasteiger partial charge in [-0.2, -0.15) is 0 Å². The molecular weight excluding hydrogens is 341 g/mol. The molecular formula is C16H15ClFNO3S. The summed E-state index contributed by atoms with van der Waals surface area (Å²) in [6.45, 7) is 0.132. The van der Waals surface area contributed by atoms with Gasteiger partial charge in [0.2, 0.25) is 5.91 Å². The molecule has 0 aliphatic heterocycles. The summed E-state index contributed by atoms with van der Waals surface area (Å²) in [6.07, 6.45) is 0. The zero-order chi connectivity index (χ0) is 17.0. The van der Waals surface area contributed by atoms with Crippen LogP contribution in [0, 0.1) is 5.82 Å². The zero-order valence-corrected chi connectivity index (χ0v) is 13.9. The van der Waals surface area contributed by atoms with Crippen molar-refractivity contribution in [3.05, 3.63) is 64.9 Å². The number of hydrogen-bond donors (Lipinski definition) is 0. The fourth-order valence-corrected chi connectivity index (χ4v) is 3.38. The average Bonchev–Trinajstić information content (AvgIpc) is 2.47. The molecule has 4 nitrogen and oxygen atoms in total. The predicted molar refractivity (Wildman–Crippen MR) is 86.4 cm³/mol. The van der Waals surface area contributed by atoms with E-state index in [1.54, 1.807) is 6.07 Å². The minimum Gasteiger partial charge on any atom is -0.341 e. The molecule has 0 spiro atoms. The van der Waals surface area contributed by atoms with Crippen LogP contribution in [-0.4, -0.2) is 32.0 Å². The third-order valence-corrected chi connectivity index (χ3v) is 5.09. The van der Waals surface area contributed by atoms with Gasteiger partial charge in [0.1, 0.15) is 11.6 Å². The number of sulfone groups is 1. The van der Waals surface area contributed by atoms with Crippen molar-refractivity contribution in [2.75, 3.05) is 12.8 Å². The van der Waals surface area contributed by atoms with Crippen molar-refractivity contribution in [2.24, 2.45) is 0 Å². The van der Waals surface area contributed by atoms with Crippen LogP contribution in [0.1, 0.15) is 5.56 Å². The first-order valence-electron chi connectivity index (χ1n) is 6.75. The van der Waals surface area contributed by atoms with E-state index in [2.05, 4.69) is 0 Å². The Morgan fingerprint density at radius 2 is 1.83 bits per heavy atom. The minimum atomic E-state index is -3.75. The molecule has 0 fully saturated rings. The van der Waals surface area contributed by atoms with E-state index in [4.69, 9.17) is 11.6 Å². The lowest BCUT2D eigenvalue weighted by Gasteiger charge is -2.17. The van der Waals surface area contributed by atoms with Crippen LogP contribution < -0.4 is 0 Å². The number of rotatable bonds is 5. The van der Waals surface area contributed by atoms with Gasteiger partial charge in [0.05, 0.1) is 4.90 Å². The molecule has 0 bridgehead atoms. The summed E-state index contributed by atoms with van der Waals surface area (Å²) in [7, 11) is -2.27. The Kier molecular flexibility index (Phi) is 5.38. The van der Waals surface area contributed by atoms with Gasteiger partial charge < -0.3 is 4.90 Å². The van der Waals surface area contributed by atoms with Crippen LogP contribution in [0.5, 0.6) is 0 Å². The Bertz CT molecular complexity index is 806. The third-order valence-electron chi connectivity index (χ3n) is 3.22. The maximum atomic E-state index is 13.1. The Morgan fingerprint density at radius 3 is 2.43 bits per heavy atom. The zero-order valence-electron chi connectivity index (χ0n) is 12.4. The van der Waals surface area contributed by atoms with E-state index in [0.717, 1.165) is 0 Å². The van der Waals surface area contributed by atoms with Crippen LogP contribution in [0.2, 0.25) is 5.02 Å². The summed E-state index contributed by atoms with van der Waals surface area (Å²) in [5.74, 6) is -1.62. The minimum absolute atomic E-state index is 0.0365. The molecule has 2 aromatic rings. The molecule has 7 heteroatoms. The van der Waals surface area contributed by atoms with Gasteiger partial charge in [-0.05, 0) is 42.0 Å². The number of amides is 1. The summed E-state index contributed by atoms with van der Waals surface area (Å²) >= 11 is 5.72. The molecule has 0 heterocycles. The third kappa shape index (κ3) is 4.77. The first-order valence-corrected chi connectivity index (χ1v) is 8.78. The van der Waals surface area contributed by atoms with Crippen LogP contribution in [0.3, 0.4) is 0 Å². The van der Waals surface area contributed by atoms with E-state index in [1.807, 2.05) is 0 Å². The smallest absolute Gasteiger partial charge is 0.238 e. The van der Waals surface area contributed by atoms with Crippen LogP contribution in [0.4, 0.5) is 4.39 Å². The molecule has 2 rings (SSSR count). The number of benzene rings is 2. The van der Waals surface area contributed by atoms with Crippen molar-refractivity contribution in [3.63, 3.8) is 0 Å². The molecule has 122 valence electrons. The summed E-state index contributed by atoms with van der Waals surface area (Å²) < 4.78 is 37.6. The van der Waals surface area contributed by atoms with Crippen molar-refractivity contribution in [3.8, 4) is 0 Å². The highest BCUT2D eigenvalue weighted by atomic mass is 35.5. The molecule has 2 aromatic carbocycles. The number of nitrogens with zero attached hydrogens (tertiary/aromatic N) is 1. The summed E-state index contributed by atoms with van der Waals surface area (Å²) in [5, 5.41) is 0.415. The molecule has 0 radical (unpaired) electrons. The molecule has 1 amide bonds. The summed E-state index contributed by atoms with van der Waals surface area (Å²) in [5.41, 5.74) is 0.588. The van der Waals surface area contributed by atoms with Crippen LogP contribution in [0.25, 0.3) is 0 Å². The van der Waals surface area contributed by atoms with E-state index in [0.29, 0.717) is 10.6 Å². The molecule has 0 aliphatic rings. The molecule has 0 saturated heterocycles. The Labute approximate surface area is 139 Å². The quantitative estimate of drug-likeness (QED) is 0.828. The van der Waals surface area contributed by atoms with Gasteiger partial charge in [0, 0.05) is 18.6 Å². The van der Waals surface area contributed by atoms with Gasteiger partial charge in [0.25, 0.3) is 0 Å². The van der Waals surface area contributed by atoms with Crippen LogP contribution >= 0.6 is 11.6 Å². The lowest BCUT2D eigenvalue weighted by Crippen LogP contribution is -2.32. The number of carbonyl (C=O) groups is 1. The number of halogens is 2. The predicted octanol–water partition coefficient (Wildman–Crippen LogP) is 2.91. The number of hydrogen-bond acceptors (Lipinski definition) is 3. The van der Waals surface area contributed by atoms with Gasteiger partial charge >= 0.3 is 0 Å². The van der Waals surface area contributed by atoms with Crippen molar-refractivity contribution in [1.82, 2.24) is 4.90 Å². The lowest BCUT2D eigenvalue weighted by molar-refractivity contribution is -0.127. The maximum absolute atomic E-state index is 13.1. The fraction of sp³-hybridized carbons (Fsp3) is 0.188. The van der Waals surface area contributed by atoms with Crippen molar-refractivity contribution < 1.29 is 17.6 Å². The highest BCUT2D eigenvalue weighted by Gasteiger charge is 2.22. The molecule has 0 aromatic heterocycles. The first kappa shape index (κ1) is 17.4. The molecule has 0 unspecified atom stereocenters. The second-order valence-electron chi connectivity index (χ2n) is 5.09. The average molecular weight is 356 g/mol. The van der Waals surface area contributed by atoms with Gasteiger partial charge in [0.15, 0.2) is 9.84 Å². The fourth-order valence-electron chi connectivity index (χ4n) is 2.00. The van der Waals surface area contributed by atoms with Gasteiger partial charge in [-0.25, -0.2) is 12.8 Å². The summed E-state index contributed by atoms with van der Waals surface area (Å²) in [6, 6.07) is 11.4. The largest absolute Gasteiger partial charge is 0.341 e. The first-order chi connectivity index (χ1) is 10.8. The SMILES string of the molecule is CN(Cc1cccc(F)c1)C(=O)CS(=O)(=O)c1ccc(Cl)cc1. The van der Waals surface area contributed by atoms with Crippen molar-refractivity contribution >= 4 is 27.3 Å². The van der Waals surface area contributed by atoms with E-state index in [9.17, 15) is 17.6 Å². The molecule has 0 saturated carbocycles. The topological polar surface area (TPSA) is 54.5 Å². The Hall–Kier alpha value is -1.92. The number of carbonyl (C=O) groups excluding carboxylic acids is 1. The van der Waals surface area contributed by atoms with Crippen LogP contribution in [-0.2, 0) is 21.2 Å². The van der Waals surface area contributed by atoms with E-state index in [-0.39, 0.29) is 11.4 Å². The van der Waals surface area contributed by atoms with E-state index in [1.165, 1.54) is 54.4 Å². The molecule has 0 N–H and O–H groups in total. The molecule has 23 heavy (non-hydrogen) atoms. The summed E-state index contributed by atoms with van der Waals surface area (Å²) in [4.78, 5) is 13.4. The second kappa shape index (κ2) is 7.10. The second-order valence-corrected chi connectivity index (χ2v) is 7.52. The van der Waals surface area contributed by atoms with E-state index < -0.39 is 27.3 Å². The van der Waals surface area contributed by atoms with Crippen LogP contribution in [0.15, 0.2) is 53.4 Å². The monoisotopic (exact) mass is 355 g/mol.